The van der Waals surface area contributed by atoms with Crippen LogP contribution in [0.25, 0.3) is 0 Å². The van der Waals surface area contributed by atoms with E-state index < -0.39 is 17.6 Å². The number of hydrazine groups is 1. The molecule has 104 valence electrons. The van der Waals surface area contributed by atoms with Gasteiger partial charge in [-0.25, -0.2) is 10.0 Å². The van der Waals surface area contributed by atoms with Crippen molar-refractivity contribution in [2.45, 2.75) is 25.5 Å². The van der Waals surface area contributed by atoms with Gasteiger partial charge in [-0.05, 0) is 18.1 Å². The highest BCUT2D eigenvalue weighted by atomic mass is 16.3. The number of aliphatic hydroxyl groups is 2. The van der Waals surface area contributed by atoms with Crippen LogP contribution in [0.2, 0.25) is 0 Å². The molecule has 1 aliphatic rings. The summed E-state index contributed by atoms with van der Waals surface area (Å²) in [5, 5.41) is 23.3. The minimum atomic E-state index is -1.57. The zero-order valence-electron chi connectivity index (χ0n) is 11.4. The van der Waals surface area contributed by atoms with Crippen molar-refractivity contribution >= 4 is 11.6 Å². The second kappa shape index (κ2) is 4.92. The molecule has 0 radical (unpaired) electrons. The highest BCUT2D eigenvalue weighted by Gasteiger charge is 2.58. The number of rotatable bonds is 3. The Balaban J connectivity index is 2.46. The standard InChI is InChI=1S/C14H20N2O3/c1-10(2)14(19)12(9-17)15(3)16(13(14)18)11-7-5-4-6-8-11/h4-8,10,12,17,19H,9H2,1-3H3. The van der Waals surface area contributed by atoms with Gasteiger partial charge in [-0.1, -0.05) is 32.0 Å². The van der Waals surface area contributed by atoms with Crippen molar-refractivity contribution in [2.75, 3.05) is 18.7 Å². The van der Waals surface area contributed by atoms with E-state index in [1.165, 1.54) is 5.01 Å². The third kappa shape index (κ3) is 1.94. The summed E-state index contributed by atoms with van der Waals surface area (Å²) in [4.78, 5) is 12.6. The zero-order valence-corrected chi connectivity index (χ0v) is 11.4. The molecule has 19 heavy (non-hydrogen) atoms. The van der Waals surface area contributed by atoms with Gasteiger partial charge in [-0.3, -0.25) is 4.79 Å². The van der Waals surface area contributed by atoms with Crippen molar-refractivity contribution < 1.29 is 15.0 Å². The summed E-state index contributed by atoms with van der Waals surface area (Å²) in [6, 6.07) is 8.49. The molecule has 0 aromatic heterocycles. The van der Waals surface area contributed by atoms with Crippen molar-refractivity contribution in [3.63, 3.8) is 0 Å². The van der Waals surface area contributed by atoms with Crippen LogP contribution in [-0.2, 0) is 4.79 Å². The molecular weight excluding hydrogens is 244 g/mol. The van der Waals surface area contributed by atoms with Crippen LogP contribution in [0.5, 0.6) is 0 Å². The summed E-state index contributed by atoms with van der Waals surface area (Å²) in [6.07, 6.45) is 0. The number of amides is 1. The van der Waals surface area contributed by atoms with Gasteiger partial charge in [0.1, 0.15) is 0 Å². The van der Waals surface area contributed by atoms with Crippen molar-refractivity contribution in [3.8, 4) is 0 Å². The smallest absolute Gasteiger partial charge is 0.275 e. The number of hydrogen-bond acceptors (Lipinski definition) is 4. The van der Waals surface area contributed by atoms with E-state index in [4.69, 9.17) is 0 Å². The molecule has 1 saturated heterocycles. The van der Waals surface area contributed by atoms with Crippen LogP contribution in [0.3, 0.4) is 0 Å². The first-order valence-corrected chi connectivity index (χ1v) is 6.40. The summed E-state index contributed by atoms with van der Waals surface area (Å²) in [5.41, 5.74) is -0.885. The van der Waals surface area contributed by atoms with Crippen LogP contribution in [0.4, 0.5) is 5.69 Å². The van der Waals surface area contributed by atoms with Crippen molar-refractivity contribution in [3.05, 3.63) is 30.3 Å². The number of carbonyl (C=O) groups excluding carboxylic acids is 1. The first kappa shape index (κ1) is 14.0. The summed E-state index contributed by atoms with van der Waals surface area (Å²) in [6.45, 7) is 3.28. The van der Waals surface area contributed by atoms with Gasteiger partial charge >= 0.3 is 0 Å². The summed E-state index contributed by atoms with van der Waals surface area (Å²) in [5.74, 6) is -0.677. The molecule has 1 aromatic carbocycles. The number of hydrogen-bond donors (Lipinski definition) is 2. The third-order valence-electron chi connectivity index (χ3n) is 3.86. The van der Waals surface area contributed by atoms with Crippen LogP contribution in [0.15, 0.2) is 30.3 Å². The average Bonchev–Trinajstić information content (AvgIpc) is 2.59. The lowest BCUT2D eigenvalue weighted by molar-refractivity contribution is -0.140. The Hall–Kier alpha value is -1.43. The molecule has 0 spiro atoms. The monoisotopic (exact) mass is 264 g/mol. The van der Waals surface area contributed by atoms with E-state index in [2.05, 4.69) is 0 Å². The molecular formula is C14H20N2O3. The van der Waals surface area contributed by atoms with Gasteiger partial charge < -0.3 is 10.2 Å². The van der Waals surface area contributed by atoms with Crippen LogP contribution in [0, 0.1) is 5.92 Å². The van der Waals surface area contributed by atoms with E-state index in [0.717, 1.165) is 0 Å². The number of anilines is 1. The topological polar surface area (TPSA) is 64.0 Å². The Bertz CT molecular complexity index is 463. The minimum absolute atomic E-state index is 0.278. The maximum Gasteiger partial charge on any atom is 0.275 e. The largest absolute Gasteiger partial charge is 0.395 e. The Morgan fingerprint density at radius 2 is 1.89 bits per heavy atom. The fourth-order valence-electron chi connectivity index (χ4n) is 2.64. The summed E-state index contributed by atoms with van der Waals surface area (Å²) < 4.78 is 0. The Kier molecular flexibility index (Phi) is 3.62. The number of nitrogens with zero attached hydrogens (tertiary/aromatic N) is 2. The van der Waals surface area contributed by atoms with Crippen molar-refractivity contribution in [2.24, 2.45) is 5.92 Å². The Labute approximate surface area is 113 Å². The van der Waals surface area contributed by atoms with Gasteiger partial charge in [-0.15, -0.1) is 0 Å². The fourth-order valence-corrected chi connectivity index (χ4v) is 2.64. The maximum atomic E-state index is 12.6. The molecule has 1 heterocycles. The van der Waals surface area contributed by atoms with E-state index in [0.29, 0.717) is 5.69 Å². The SMILES string of the molecule is CC(C)C1(O)C(=O)N(c2ccccc2)N(C)C1CO. The van der Waals surface area contributed by atoms with Gasteiger partial charge in [0.05, 0.1) is 18.3 Å². The quantitative estimate of drug-likeness (QED) is 0.840. The second-order valence-corrected chi connectivity index (χ2v) is 5.20. The Morgan fingerprint density at radius 3 is 2.32 bits per heavy atom. The molecule has 0 saturated carbocycles. The van der Waals surface area contributed by atoms with E-state index in [-0.39, 0.29) is 12.5 Å². The third-order valence-corrected chi connectivity index (χ3v) is 3.86. The first-order valence-electron chi connectivity index (χ1n) is 6.40. The number of aliphatic hydroxyl groups excluding tert-OH is 1. The van der Waals surface area contributed by atoms with Gasteiger partial charge in [0, 0.05) is 7.05 Å². The van der Waals surface area contributed by atoms with E-state index >= 15 is 0 Å². The molecule has 1 aliphatic heterocycles. The lowest BCUT2D eigenvalue weighted by Crippen LogP contribution is -2.52. The van der Waals surface area contributed by atoms with E-state index in [1.807, 2.05) is 18.2 Å². The van der Waals surface area contributed by atoms with Crippen LogP contribution >= 0.6 is 0 Å². The molecule has 2 atom stereocenters. The first-order chi connectivity index (χ1) is 8.94. The van der Waals surface area contributed by atoms with E-state index in [9.17, 15) is 15.0 Å². The number of para-hydroxylation sites is 1. The molecule has 0 aliphatic carbocycles. The summed E-state index contributed by atoms with van der Waals surface area (Å²) >= 11 is 0. The van der Waals surface area contributed by atoms with Gasteiger partial charge in [-0.2, -0.15) is 0 Å². The molecule has 2 unspecified atom stereocenters. The van der Waals surface area contributed by atoms with Crippen molar-refractivity contribution in [1.29, 1.82) is 0 Å². The van der Waals surface area contributed by atoms with Crippen LogP contribution in [0.1, 0.15) is 13.8 Å². The van der Waals surface area contributed by atoms with Crippen LogP contribution < -0.4 is 5.01 Å². The second-order valence-electron chi connectivity index (χ2n) is 5.20. The highest BCUT2D eigenvalue weighted by Crippen LogP contribution is 2.36. The average molecular weight is 264 g/mol. The molecule has 5 nitrogen and oxygen atoms in total. The van der Waals surface area contributed by atoms with E-state index in [1.54, 1.807) is 38.0 Å². The number of likely N-dealkylation sites (N-methyl/N-ethyl adjacent to an activating group) is 1. The van der Waals surface area contributed by atoms with Gasteiger partial charge in [0.2, 0.25) is 0 Å². The minimum Gasteiger partial charge on any atom is -0.395 e. The predicted molar refractivity (Wildman–Crippen MR) is 72.4 cm³/mol. The Morgan fingerprint density at radius 1 is 1.32 bits per heavy atom. The predicted octanol–water partition coefficient (Wildman–Crippen LogP) is 0.628. The summed E-state index contributed by atoms with van der Waals surface area (Å²) in [7, 11) is 1.70. The lowest BCUT2D eigenvalue weighted by atomic mass is 9.84. The highest BCUT2D eigenvalue weighted by molar-refractivity contribution is 6.01. The number of benzene rings is 1. The molecule has 1 fully saturated rings. The molecule has 1 aromatic rings. The zero-order chi connectivity index (χ0) is 14.2. The number of carbonyl (C=O) groups is 1. The fraction of sp³-hybridized carbons (Fsp3) is 0.500. The molecule has 5 heteroatoms. The van der Waals surface area contributed by atoms with Crippen LogP contribution in [-0.4, -0.2) is 46.4 Å². The molecule has 2 N–H and O–H groups in total. The normalized spacial score (nSPS) is 28.4. The molecule has 2 rings (SSSR count). The maximum absolute atomic E-state index is 12.6. The van der Waals surface area contributed by atoms with Crippen molar-refractivity contribution in [1.82, 2.24) is 5.01 Å². The van der Waals surface area contributed by atoms with Gasteiger partial charge in [0.25, 0.3) is 5.91 Å². The van der Waals surface area contributed by atoms with Gasteiger partial charge in [0.15, 0.2) is 5.60 Å². The molecule has 1 amide bonds. The molecule has 0 bridgehead atoms. The lowest BCUT2D eigenvalue weighted by Gasteiger charge is -2.30.